The van der Waals surface area contributed by atoms with Crippen molar-refractivity contribution in [3.05, 3.63) is 0 Å². The van der Waals surface area contributed by atoms with Crippen molar-refractivity contribution < 1.29 is 25.2 Å². The predicted molar refractivity (Wildman–Crippen MR) is 124 cm³/mol. The van der Waals surface area contributed by atoms with E-state index in [-0.39, 0.29) is 64.5 Å². The smallest absolute Gasteiger partial charge is 0.306 e. The third-order valence-corrected chi connectivity index (χ3v) is 11.4. The van der Waals surface area contributed by atoms with Crippen LogP contribution in [0.4, 0.5) is 0 Å². The van der Waals surface area contributed by atoms with Gasteiger partial charge in [0.1, 0.15) is 0 Å². The molecule has 0 amide bonds. The highest BCUT2D eigenvalue weighted by Crippen LogP contribution is 2.69. The number of carboxylic acids is 1. The second kappa shape index (κ2) is 8.53. The molecule has 4 N–H and O–H groups in total. The number of hydrogen-bond acceptors (Lipinski definition) is 4. The SMILES string of the molecule is CC[C@H]1[C@@H](O)C2C3CC[C@H]([C@H](C)C[C@H](C)C(=O)O)[C@@]3(C)[C@@H](O)CC2[C@@]2(C)CC[C@@H](O)C[C@@H]12. The first kappa shape index (κ1) is 24.5. The molecule has 32 heavy (non-hydrogen) atoms. The molecular weight excluding hydrogens is 404 g/mol. The Morgan fingerprint density at radius 2 is 1.69 bits per heavy atom. The largest absolute Gasteiger partial charge is 0.481 e. The minimum absolute atomic E-state index is 0.0631. The molecule has 0 spiro atoms. The van der Waals surface area contributed by atoms with Gasteiger partial charge in [-0.1, -0.05) is 41.0 Å². The third kappa shape index (κ3) is 3.48. The van der Waals surface area contributed by atoms with Crippen molar-refractivity contribution in [2.45, 2.75) is 104 Å². The van der Waals surface area contributed by atoms with Crippen molar-refractivity contribution in [2.75, 3.05) is 0 Å². The lowest BCUT2D eigenvalue weighted by Gasteiger charge is -2.65. The van der Waals surface area contributed by atoms with Gasteiger partial charge in [0.25, 0.3) is 0 Å². The highest BCUT2D eigenvalue weighted by atomic mass is 16.4. The summed E-state index contributed by atoms with van der Waals surface area (Å²) in [6.07, 6.45) is 5.85. The van der Waals surface area contributed by atoms with Crippen LogP contribution in [0.15, 0.2) is 0 Å². The number of carboxylic acid groups (broad SMARTS) is 1. The Hall–Kier alpha value is -0.650. The van der Waals surface area contributed by atoms with E-state index in [0.717, 1.165) is 44.9 Å². The highest BCUT2D eigenvalue weighted by Gasteiger charge is 2.67. The van der Waals surface area contributed by atoms with Crippen molar-refractivity contribution in [3.63, 3.8) is 0 Å². The fourth-order valence-corrected chi connectivity index (χ4v) is 9.71. The Morgan fingerprint density at radius 3 is 2.31 bits per heavy atom. The van der Waals surface area contributed by atoms with Crippen LogP contribution in [0.1, 0.15) is 86.0 Å². The quantitative estimate of drug-likeness (QED) is 0.500. The molecule has 5 nitrogen and oxygen atoms in total. The van der Waals surface area contributed by atoms with E-state index in [1.54, 1.807) is 6.92 Å². The van der Waals surface area contributed by atoms with Crippen LogP contribution in [-0.4, -0.2) is 44.7 Å². The number of fused-ring (bicyclic) bond motifs is 5. The highest BCUT2D eigenvalue weighted by molar-refractivity contribution is 5.69. The first-order chi connectivity index (χ1) is 15.0. The summed E-state index contributed by atoms with van der Waals surface area (Å²) < 4.78 is 0. The molecule has 4 fully saturated rings. The van der Waals surface area contributed by atoms with Crippen molar-refractivity contribution in [3.8, 4) is 0 Å². The summed E-state index contributed by atoms with van der Waals surface area (Å²) in [6.45, 7) is 10.8. The van der Waals surface area contributed by atoms with Gasteiger partial charge >= 0.3 is 5.97 Å². The monoisotopic (exact) mass is 450 g/mol. The fraction of sp³-hybridized carbons (Fsp3) is 0.963. The van der Waals surface area contributed by atoms with E-state index in [4.69, 9.17) is 0 Å². The van der Waals surface area contributed by atoms with Crippen LogP contribution in [0, 0.1) is 58.2 Å². The number of carbonyl (C=O) groups is 1. The van der Waals surface area contributed by atoms with E-state index < -0.39 is 12.1 Å². The molecule has 5 heteroatoms. The summed E-state index contributed by atoms with van der Waals surface area (Å²) in [7, 11) is 0. The van der Waals surface area contributed by atoms with E-state index in [1.807, 2.05) is 0 Å². The molecule has 0 bridgehead atoms. The van der Waals surface area contributed by atoms with Gasteiger partial charge in [0.2, 0.25) is 0 Å². The molecule has 4 aliphatic rings. The minimum atomic E-state index is -0.743. The van der Waals surface area contributed by atoms with Crippen LogP contribution in [0.5, 0.6) is 0 Å². The summed E-state index contributed by atoms with van der Waals surface area (Å²) in [5, 5.41) is 43.3. The van der Waals surface area contributed by atoms with Crippen molar-refractivity contribution in [1.29, 1.82) is 0 Å². The first-order valence-electron chi connectivity index (χ1n) is 13.2. The van der Waals surface area contributed by atoms with Gasteiger partial charge in [0.15, 0.2) is 0 Å². The molecule has 4 rings (SSSR count). The second-order valence-corrected chi connectivity index (χ2v) is 12.6. The molecule has 0 aromatic carbocycles. The van der Waals surface area contributed by atoms with Crippen LogP contribution in [0.2, 0.25) is 0 Å². The Labute approximate surface area is 194 Å². The maximum Gasteiger partial charge on any atom is 0.306 e. The van der Waals surface area contributed by atoms with Crippen molar-refractivity contribution in [2.24, 2.45) is 58.2 Å². The third-order valence-electron chi connectivity index (χ3n) is 11.4. The molecule has 3 unspecified atom stereocenters. The Bertz CT molecular complexity index is 710. The summed E-state index contributed by atoms with van der Waals surface area (Å²) >= 11 is 0. The normalized spacial score (nSPS) is 52.4. The van der Waals surface area contributed by atoms with Gasteiger partial charge in [0, 0.05) is 0 Å². The average molecular weight is 451 g/mol. The zero-order valence-electron chi connectivity index (χ0n) is 20.7. The molecule has 0 aliphatic heterocycles. The van der Waals surface area contributed by atoms with Gasteiger partial charge in [-0.3, -0.25) is 4.79 Å². The standard InChI is InChI=1S/C27H46O5/c1-6-17-20-12-16(28)9-10-26(20,4)21-13-22(29)27(5)18(14(2)11-15(3)25(31)32)7-8-19(27)23(21)24(17)30/h14-24,28-30H,6-13H2,1-5H3,(H,31,32)/t14-,15+,16-,17-,18-,19?,20+,21?,22+,23?,24-,26+,27-/m1/s1. The lowest BCUT2D eigenvalue weighted by atomic mass is 9.41. The number of aliphatic hydroxyl groups excluding tert-OH is 3. The van der Waals surface area contributed by atoms with Crippen LogP contribution in [0.3, 0.4) is 0 Å². The lowest BCUT2D eigenvalue weighted by Crippen LogP contribution is -2.65. The maximum absolute atomic E-state index is 11.8. The van der Waals surface area contributed by atoms with Crippen LogP contribution in [0.25, 0.3) is 0 Å². The molecule has 184 valence electrons. The van der Waals surface area contributed by atoms with Gasteiger partial charge in [-0.2, -0.15) is 0 Å². The molecule has 0 heterocycles. The molecular formula is C27H46O5. The van der Waals surface area contributed by atoms with Gasteiger partial charge in [-0.15, -0.1) is 0 Å². The van der Waals surface area contributed by atoms with E-state index in [1.165, 1.54) is 0 Å². The zero-order valence-corrected chi connectivity index (χ0v) is 20.7. The Kier molecular flexibility index (Phi) is 6.53. The van der Waals surface area contributed by atoms with Gasteiger partial charge in [-0.25, -0.2) is 0 Å². The fourth-order valence-electron chi connectivity index (χ4n) is 9.71. The van der Waals surface area contributed by atoms with Crippen LogP contribution < -0.4 is 0 Å². The van der Waals surface area contributed by atoms with Crippen molar-refractivity contribution in [1.82, 2.24) is 0 Å². The molecule has 4 saturated carbocycles. The zero-order chi connectivity index (χ0) is 23.6. The Morgan fingerprint density at radius 1 is 1.00 bits per heavy atom. The number of aliphatic hydroxyl groups is 3. The maximum atomic E-state index is 11.8. The number of aliphatic carboxylic acids is 1. The topological polar surface area (TPSA) is 98.0 Å². The number of rotatable bonds is 5. The van der Waals surface area contributed by atoms with Crippen molar-refractivity contribution >= 4 is 5.97 Å². The van der Waals surface area contributed by atoms with Gasteiger partial charge < -0.3 is 20.4 Å². The van der Waals surface area contributed by atoms with E-state index >= 15 is 0 Å². The first-order valence-corrected chi connectivity index (χ1v) is 13.2. The summed E-state index contributed by atoms with van der Waals surface area (Å²) in [5.74, 6) is 0.687. The minimum Gasteiger partial charge on any atom is -0.481 e. The molecule has 0 aromatic rings. The number of hydrogen-bond donors (Lipinski definition) is 4. The average Bonchev–Trinajstić information content (AvgIpc) is 3.09. The summed E-state index contributed by atoms with van der Waals surface area (Å²) in [5.41, 5.74) is -0.205. The molecule has 4 aliphatic carbocycles. The molecule has 0 saturated heterocycles. The summed E-state index contributed by atoms with van der Waals surface area (Å²) in [6, 6.07) is 0. The van der Waals surface area contributed by atoms with Crippen LogP contribution in [-0.2, 0) is 4.79 Å². The molecule has 0 aromatic heterocycles. The van der Waals surface area contributed by atoms with Gasteiger partial charge in [-0.05, 0) is 97.2 Å². The Balaban J connectivity index is 1.66. The molecule has 0 radical (unpaired) electrons. The van der Waals surface area contributed by atoms with E-state index in [0.29, 0.717) is 12.3 Å². The van der Waals surface area contributed by atoms with E-state index in [9.17, 15) is 25.2 Å². The van der Waals surface area contributed by atoms with E-state index in [2.05, 4.69) is 27.7 Å². The summed E-state index contributed by atoms with van der Waals surface area (Å²) in [4.78, 5) is 11.5. The second-order valence-electron chi connectivity index (χ2n) is 12.6. The van der Waals surface area contributed by atoms with Gasteiger partial charge in [0.05, 0.1) is 24.2 Å². The predicted octanol–water partition coefficient (Wildman–Crippen LogP) is 4.33. The molecule has 13 atom stereocenters. The van der Waals surface area contributed by atoms with Crippen LogP contribution >= 0.6 is 0 Å². The lowest BCUT2D eigenvalue weighted by molar-refractivity contribution is -0.228.